The number of halogens is 6. The third-order valence-electron chi connectivity index (χ3n) is 7.63. The van der Waals surface area contributed by atoms with Crippen LogP contribution in [-0.4, -0.2) is 42.8 Å². The fourth-order valence-electron chi connectivity index (χ4n) is 5.54. The Kier molecular flexibility index (Phi) is 8.65. The van der Waals surface area contributed by atoms with Gasteiger partial charge in [-0.25, -0.2) is 4.98 Å². The van der Waals surface area contributed by atoms with E-state index in [1.807, 2.05) is 42.1 Å². The number of pyridine rings is 1. The minimum absolute atomic E-state index is 0.0574. The summed E-state index contributed by atoms with van der Waals surface area (Å²) in [6.45, 7) is 3.22. The Morgan fingerprint density at radius 1 is 0.884 bits per heavy atom. The summed E-state index contributed by atoms with van der Waals surface area (Å²) >= 11 is 0. The summed E-state index contributed by atoms with van der Waals surface area (Å²) in [5.41, 5.74) is -1.47. The van der Waals surface area contributed by atoms with E-state index in [2.05, 4.69) is 20.3 Å². The Morgan fingerprint density at radius 3 is 2.09 bits per heavy atom. The number of tetrazole rings is 1. The summed E-state index contributed by atoms with van der Waals surface area (Å²) in [5, 5.41) is 12.1. The molecule has 1 aliphatic rings. The highest BCUT2D eigenvalue weighted by atomic mass is 19.4. The van der Waals surface area contributed by atoms with E-state index in [-0.39, 0.29) is 30.7 Å². The first-order valence-corrected chi connectivity index (χ1v) is 14.0. The first-order valence-electron chi connectivity index (χ1n) is 14.0. The lowest BCUT2D eigenvalue weighted by Crippen LogP contribution is -2.32. The maximum atomic E-state index is 13.6. The van der Waals surface area contributed by atoms with Gasteiger partial charge in [-0.2, -0.15) is 31.1 Å². The van der Waals surface area contributed by atoms with Crippen molar-refractivity contribution in [1.82, 2.24) is 29.8 Å². The molecule has 230 valence electrons. The lowest BCUT2D eigenvalue weighted by Gasteiger charge is -2.30. The molecule has 14 heteroatoms. The molecule has 5 rings (SSSR count). The van der Waals surface area contributed by atoms with E-state index in [9.17, 15) is 26.3 Å². The number of nitrogens with zero attached hydrogens (tertiary/aromatic N) is 8. The standard InChI is InChI=1S/C29H32F6N8/c1-3-41(17-20-8-4-5-9-20)26-22(14-25(16-36-26)42-10-6-7-11-42)19-43(27-37-39-40(2)38-27)18-21-12-23(28(30,31)32)15-24(13-21)29(33,34)35/h6-7,10-16,20H,3-5,8-9,17-19H2,1-2H3. The molecule has 0 amide bonds. The number of alkyl halides is 6. The fraction of sp³-hybridized carbons (Fsp3) is 0.448. The van der Waals surface area contributed by atoms with Crippen LogP contribution in [0.15, 0.2) is 55.0 Å². The van der Waals surface area contributed by atoms with Crippen LogP contribution in [0.4, 0.5) is 38.1 Å². The number of hydrogen-bond donors (Lipinski definition) is 0. The zero-order valence-electron chi connectivity index (χ0n) is 23.8. The van der Waals surface area contributed by atoms with Gasteiger partial charge in [-0.15, -0.1) is 5.10 Å². The predicted molar refractivity (Wildman–Crippen MR) is 149 cm³/mol. The largest absolute Gasteiger partial charge is 0.416 e. The van der Waals surface area contributed by atoms with Crippen molar-refractivity contribution >= 4 is 11.8 Å². The molecule has 3 heterocycles. The molecule has 1 aromatic carbocycles. The van der Waals surface area contributed by atoms with Gasteiger partial charge in [0.15, 0.2) is 0 Å². The van der Waals surface area contributed by atoms with Crippen LogP contribution in [-0.2, 0) is 32.5 Å². The van der Waals surface area contributed by atoms with Gasteiger partial charge in [-0.1, -0.05) is 17.9 Å². The molecule has 43 heavy (non-hydrogen) atoms. The van der Waals surface area contributed by atoms with Crippen LogP contribution < -0.4 is 9.80 Å². The van der Waals surface area contributed by atoms with Gasteiger partial charge in [-0.3, -0.25) is 0 Å². The normalized spacial score (nSPS) is 14.4. The van der Waals surface area contributed by atoms with Crippen LogP contribution >= 0.6 is 0 Å². The average Bonchev–Trinajstić information content (AvgIpc) is 3.74. The molecule has 4 aromatic rings. The molecule has 8 nitrogen and oxygen atoms in total. The highest BCUT2D eigenvalue weighted by molar-refractivity contribution is 5.53. The Balaban J connectivity index is 1.57. The van der Waals surface area contributed by atoms with Gasteiger partial charge in [0.05, 0.1) is 36.6 Å². The minimum Gasteiger partial charge on any atom is -0.356 e. The molecule has 1 fully saturated rings. The molecule has 0 bridgehead atoms. The van der Waals surface area contributed by atoms with E-state index in [1.54, 1.807) is 6.20 Å². The van der Waals surface area contributed by atoms with Crippen LogP contribution in [0.1, 0.15) is 54.9 Å². The summed E-state index contributed by atoms with van der Waals surface area (Å²) in [6.07, 6.45) is 0.158. The number of rotatable bonds is 10. The quantitative estimate of drug-likeness (QED) is 0.188. The number of benzene rings is 1. The summed E-state index contributed by atoms with van der Waals surface area (Å²) in [5.74, 6) is 1.27. The van der Waals surface area contributed by atoms with Gasteiger partial charge in [0.2, 0.25) is 0 Å². The van der Waals surface area contributed by atoms with E-state index in [0.29, 0.717) is 18.3 Å². The van der Waals surface area contributed by atoms with Crippen molar-refractivity contribution in [3.05, 3.63) is 77.2 Å². The molecule has 1 aliphatic carbocycles. The van der Waals surface area contributed by atoms with Gasteiger partial charge in [-0.05, 0) is 72.9 Å². The van der Waals surface area contributed by atoms with Crippen molar-refractivity contribution in [3.63, 3.8) is 0 Å². The second kappa shape index (κ2) is 12.3. The Hall–Kier alpha value is -4.10. The van der Waals surface area contributed by atoms with Gasteiger partial charge >= 0.3 is 12.4 Å². The SMILES string of the molecule is CCN(CC1CCCC1)c1ncc(-n2cccc2)cc1CN(Cc1cc(C(F)(F)F)cc(C(F)(F)F)c1)c1nnn(C)n1. The number of anilines is 2. The molecule has 0 saturated heterocycles. The first-order chi connectivity index (χ1) is 20.4. The second-order valence-electron chi connectivity index (χ2n) is 10.8. The Labute approximate surface area is 244 Å². The third kappa shape index (κ3) is 7.28. The minimum atomic E-state index is -4.96. The smallest absolute Gasteiger partial charge is 0.356 e. The summed E-state index contributed by atoms with van der Waals surface area (Å²) in [7, 11) is 1.53. The van der Waals surface area contributed by atoms with E-state index in [0.717, 1.165) is 42.8 Å². The first kappa shape index (κ1) is 30.4. The molecule has 0 atom stereocenters. The van der Waals surface area contributed by atoms with Gasteiger partial charge < -0.3 is 14.4 Å². The topological polar surface area (TPSA) is 67.9 Å². The molecule has 0 aliphatic heterocycles. The molecule has 3 aromatic heterocycles. The maximum absolute atomic E-state index is 13.6. The zero-order valence-corrected chi connectivity index (χ0v) is 23.8. The van der Waals surface area contributed by atoms with E-state index >= 15 is 0 Å². The number of aryl methyl sites for hydroxylation is 1. The van der Waals surface area contributed by atoms with Crippen LogP contribution in [0.2, 0.25) is 0 Å². The van der Waals surface area contributed by atoms with Crippen LogP contribution in [0.5, 0.6) is 0 Å². The van der Waals surface area contributed by atoms with Crippen molar-refractivity contribution in [1.29, 1.82) is 0 Å². The van der Waals surface area contributed by atoms with Crippen molar-refractivity contribution in [3.8, 4) is 5.69 Å². The fourth-order valence-corrected chi connectivity index (χ4v) is 5.54. The van der Waals surface area contributed by atoms with E-state index in [1.165, 1.54) is 29.6 Å². The van der Waals surface area contributed by atoms with Gasteiger partial charge in [0.1, 0.15) is 5.82 Å². The van der Waals surface area contributed by atoms with Crippen molar-refractivity contribution in [2.24, 2.45) is 13.0 Å². The monoisotopic (exact) mass is 606 g/mol. The highest BCUT2D eigenvalue weighted by Crippen LogP contribution is 2.37. The van der Waals surface area contributed by atoms with Gasteiger partial charge in [0.25, 0.3) is 5.95 Å². The molecule has 0 N–H and O–H groups in total. The zero-order chi connectivity index (χ0) is 30.8. The van der Waals surface area contributed by atoms with Crippen molar-refractivity contribution in [2.75, 3.05) is 22.9 Å². The van der Waals surface area contributed by atoms with Crippen LogP contribution in [0, 0.1) is 5.92 Å². The van der Waals surface area contributed by atoms with Crippen molar-refractivity contribution in [2.45, 2.75) is 58.0 Å². The maximum Gasteiger partial charge on any atom is 0.416 e. The molecule has 0 spiro atoms. The third-order valence-corrected chi connectivity index (χ3v) is 7.63. The van der Waals surface area contributed by atoms with E-state index in [4.69, 9.17) is 4.98 Å². The predicted octanol–water partition coefficient (Wildman–Crippen LogP) is 6.66. The number of hydrogen-bond acceptors (Lipinski definition) is 6. The van der Waals surface area contributed by atoms with E-state index < -0.39 is 23.5 Å². The lowest BCUT2D eigenvalue weighted by molar-refractivity contribution is -0.143. The van der Waals surface area contributed by atoms with Crippen LogP contribution in [0.25, 0.3) is 5.69 Å². The molecule has 1 saturated carbocycles. The Morgan fingerprint density at radius 2 is 1.53 bits per heavy atom. The summed E-state index contributed by atoms with van der Waals surface area (Å²) in [4.78, 5) is 9.70. The lowest BCUT2D eigenvalue weighted by atomic mass is 10.0. The summed E-state index contributed by atoms with van der Waals surface area (Å²) in [6, 6.07) is 7.25. The molecular formula is C29H32F6N8. The second-order valence-corrected chi connectivity index (χ2v) is 10.8. The van der Waals surface area contributed by atoms with Crippen molar-refractivity contribution < 1.29 is 26.3 Å². The van der Waals surface area contributed by atoms with Gasteiger partial charge in [0, 0.05) is 37.6 Å². The highest BCUT2D eigenvalue weighted by Gasteiger charge is 2.37. The molecule has 0 unspecified atom stereocenters. The molecule has 0 radical (unpaired) electrons. The summed E-state index contributed by atoms with van der Waals surface area (Å²) < 4.78 is 83.7. The Bertz CT molecular complexity index is 1470. The average molecular weight is 607 g/mol. The van der Waals surface area contributed by atoms with Crippen LogP contribution in [0.3, 0.4) is 0 Å². The number of aromatic nitrogens is 6. The molecular weight excluding hydrogens is 574 g/mol.